The van der Waals surface area contributed by atoms with E-state index in [1.165, 1.54) is 0 Å². The first-order chi connectivity index (χ1) is 10.0. The Morgan fingerprint density at radius 3 is 2.81 bits per heavy atom. The number of hydrogen-bond acceptors (Lipinski definition) is 3. The number of aromatic nitrogens is 2. The molecule has 1 heterocycles. The maximum Gasteiger partial charge on any atom is 0.244 e. The molecule has 0 aliphatic carbocycles. The summed E-state index contributed by atoms with van der Waals surface area (Å²) in [5, 5.41) is 9.20. The topological polar surface area (TPSA) is 61.9 Å². The fraction of sp³-hybridized carbons (Fsp3) is 0.400. The van der Waals surface area contributed by atoms with Crippen LogP contribution in [-0.4, -0.2) is 40.3 Å². The highest BCUT2D eigenvalue weighted by Crippen LogP contribution is 2.25. The van der Waals surface area contributed by atoms with Gasteiger partial charge in [-0.15, -0.1) is 11.6 Å². The van der Waals surface area contributed by atoms with Crippen LogP contribution in [-0.2, 0) is 11.2 Å². The molecule has 1 amide bonds. The molecule has 1 aromatic carbocycles. The van der Waals surface area contributed by atoms with Gasteiger partial charge in [0.15, 0.2) is 0 Å². The first-order valence-corrected chi connectivity index (χ1v) is 7.21. The van der Waals surface area contributed by atoms with E-state index in [0.717, 1.165) is 11.3 Å². The number of nitrogens with zero attached hydrogens (tertiary/aromatic N) is 4. The average molecular weight is 305 g/mol. The second-order valence-corrected chi connectivity index (χ2v) is 5.41. The van der Waals surface area contributed by atoms with Gasteiger partial charge in [-0.05, 0) is 19.1 Å². The van der Waals surface area contributed by atoms with Gasteiger partial charge in [-0.3, -0.25) is 4.79 Å². The molecule has 0 saturated carbocycles. The number of fused-ring (bicyclic) bond motifs is 1. The van der Waals surface area contributed by atoms with E-state index in [4.69, 9.17) is 11.6 Å². The summed E-state index contributed by atoms with van der Waals surface area (Å²) in [6.07, 6.45) is 0.548. The predicted octanol–water partition coefficient (Wildman–Crippen LogP) is 2.34. The van der Waals surface area contributed by atoms with Crippen LogP contribution in [0.1, 0.15) is 24.4 Å². The molecule has 0 N–H and O–H groups in total. The zero-order chi connectivity index (χ0) is 15.6. The third-order valence-electron chi connectivity index (χ3n) is 3.42. The summed E-state index contributed by atoms with van der Waals surface area (Å²) in [6.45, 7) is 1.83. The molecule has 110 valence electrons. The van der Waals surface area contributed by atoms with E-state index in [9.17, 15) is 10.1 Å². The van der Waals surface area contributed by atoms with E-state index in [2.05, 4.69) is 11.1 Å². The van der Waals surface area contributed by atoms with E-state index in [1.807, 2.05) is 17.6 Å². The normalized spacial score (nSPS) is 12.1. The Kier molecular flexibility index (Phi) is 4.49. The van der Waals surface area contributed by atoms with Crippen molar-refractivity contribution in [2.75, 3.05) is 20.0 Å². The quantitative estimate of drug-likeness (QED) is 0.815. The molecule has 0 bridgehead atoms. The molecule has 0 radical (unpaired) electrons. The molecule has 2 aromatic rings. The number of rotatable bonds is 4. The summed E-state index contributed by atoms with van der Waals surface area (Å²) in [7, 11) is 3.44. The predicted molar refractivity (Wildman–Crippen MR) is 82.3 cm³/mol. The lowest BCUT2D eigenvalue weighted by molar-refractivity contribution is -0.131. The lowest BCUT2D eigenvalue weighted by atomic mass is 10.2. The zero-order valence-corrected chi connectivity index (χ0v) is 13.1. The van der Waals surface area contributed by atoms with Crippen LogP contribution in [0.3, 0.4) is 0 Å². The highest BCUT2D eigenvalue weighted by molar-refractivity contribution is 6.18. The van der Waals surface area contributed by atoms with Crippen molar-refractivity contribution in [1.29, 1.82) is 5.26 Å². The molecule has 2 rings (SSSR count). The van der Waals surface area contributed by atoms with Crippen LogP contribution < -0.4 is 0 Å². The van der Waals surface area contributed by atoms with Crippen LogP contribution in [0.15, 0.2) is 18.2 Å². The Balaban J connectivity index is 2.68. The molecular formula is C15H17ClN4O. The number of alkyl halides is 1. The van der Waals surface area contributed by atoms with Crippen molar-refractivity contribution in [3.63, 3.8) is 0 Å². The third kappa shape index (κ3) is 2.72. The molecule has 0 fully saturated rings. The van der Waals surface area contributed by atoms with E-state index < -0.39 is 6.04 Å². The van der Waals surface area contributed by atoms with E-state index in [-0.39, 0.29) is 5.91 Å². The van der Waals surface area contributed by atoms with Gasteiger partial charge in [0.25, 0.3) is 0 Å². The fourth-order valence-corrected chi connectivity index (χ4v) is 2.60. The van der Waals surface area contributed by atoms with Crippen LogP contribution >= 0.6 is 11.6 Å². The minimum absolute atomic E-state index is 0.0208. The first-order valence-electron chi connectivity index (χ1n) is 6.68. The summed E-state index contributed by atoms with van der Waals surface area (Å²) in [6, 6.07) is 7.15. The highest BCUT2D eigenvalue weighted by atomic mass is 35.5. The van der Waals surface area contributed by atoms with Gasteiger partial charge in [-0.1, -0.05) is 6.07 Å². The smallest absolute Gasteiger partial charge is 0.244 e. The zero-order valence-electron chi connectivity index (χ0n) is 12.3. The monoisotopic (exact) mass is 304 g/mol. The van der Waals surface area contributed by atoms with E-state index in [1.54, 1.807) is 31.1 Å². The fourth-order valence-electron chi connectivity index (χ4n) is 2.43. The van der Waals surface area contributed by atoms with Crippen molar-refractivity contribution >= 4 is 28.5 Å². The molecule has 6 heteroatoms. The summed E-state index contributed by atoms with van der Waals surface area (Å²) >= 11 is 5.84. The third-order valence-corrected chi connectivity index (χ3v) is 3.61. The molecular weight excluding hydrogens is 288 g/mol. The van der Waals surface area contributed by atoms with Crippen molar-refractivity contribution in [2.45, 2.75) is 19.4 Å². The Bertz CT molecular complexity index is 714. The van der Waals surface area contributed by atoms with Crippen LogP contribution in [0.5, 0.6) is 0 Å². The first kappa shape index (κ1) is 15.3. The maximum absolute atomic E-state index is 12.3. The van der Waals surface area contributed by atoms with E-state index in [0.29, 0.717) is 23.4 Å². The number of imidazole rings is 1. The SMILES string of the molecule is CC(C(=O)N(C)C)n1c(CCCl)nc2c(C#N)cccc21. The van der Waals surface area contributed by atoms with Gasteiger partial charge >= 0.3 is 0 Å². The number of halogens is 1. The van der Waals surface area contributed by atoms with Crippen LogP contribution in [0, 0.1) is 11.3 Å². The van der Waals surface area contributed by atoms with Crippen LogP contribution in [0.2, 0.25) is 0 Å². The van der Waals surface area contributed by atoms with Gasteiger partial charge < -0.3 is 9.47 Å². The molecule has 0 spiro atoms. The largest absolute Gasteiger partial charge is 0.347 e. The number of nitriles is 1. The van der Waals surface area contributed by atoms with Gasteiger partial charge in [0.2, 0.25) is 5.91 Å². The second-order valence-electron chi connectivity index (χ2n) is 5.03. The number of amides is 1. The Morgan fingerprint density at radius 1 is 1.52 bits per heavy atom. The summed E-state index contributed by atoms with van der Waals surface area (Å²) < 4.78 is 1.88. The maximum atomic E-state index is 12.3. The lowest BCUT2D eigenvalue weighted by Gasteiger charge is -2.20. The molecule has 5 nitrogen and oxygen atoms in total. The van der Waals surface area contributed by atoms with Gasteiger partial charge in [0, 0.05) is 26.4 Å². The van der Waals surface area contributed by atoms with Crippen molar-refractivity contribution in [3.05, 3.63) is 29.6 Å². The van der Waals surface area contributed by atoms with Crippen LogP contribution in [0.25, 0.3) is 11.0 Å². The molecule has 21 heavy (non-hydrogen) atoms. The molecule has 1 aromatic heterocycles. The Morgan fingerprint density at radius 2 is 2.24 bits per heavy atom. The van der Waals surface area contributed by atoms with Crippen molar-refractivity contribution in [1.82, 2.24) is 14.5 Å². The van der Waals surface area contributed by atoms with Crippen LogP contribution in [0.4, 0.5) is 0 Å². The summed E-state index contributed by atoms with van der Waals surface area (Å²) in [4.78, 5) is 18.3. The number of carbonyl (C=O) groups is 1. The number of hydrogen-bond donors (Lipinski definition) is 0. The van der Waals surface area contributed by atoms with Gasteiger partial charge in [-0.2, -0.15) is 5.26 Å². The lowest BCUT2D eigenvalue weighted by Crippen LogP contribution is -2.30. The van der Waals surface area contributed by atoms with Gasteiger partial charge in [-0.25, -0.2) is 4.98 Å². The Hall–Kier alpha value is -2.06. The number of benzene rings is 1. The van der Waals surface area contributed by atoms with Gasteiger partial charge in [0.1, 0.15) is 23.5 Å². The number of aryl methyl sites for hydroxylation is 1. The molecule has 0 aliphatic rings. The number of carbonyl (C=O) groups excluding carboxylic acids is 1. The molecule has 0 aliphatic heterocycles. The molecule has 1 unspecified atom stereocenters. The Labute approximate surface area is 128 Å². The highest BCUT2D eigenvalue weighted by Gasteiger charge is 2.23. The van der Waals surface area contributed by atoms with Crippen molar-refractivity contribution in [3.8, 4) is 6.07 Å². The summed E-state index contributed by atoms with van der Waals surface area (Å²) in [5.41, 5.74) is 1.92. The van der Waals surface area contributed by atoms with Gasteiger partial charge in [0.05, 0.1) is 11.1 Å². The molecule has 1 atom stereocenters. The standard InChI is InChI=1S/C15H17ClN4O/c1-10(15(21)19(2)3)20-12-6-4-5-11(9-17)14(12)18-13(20)7-8-16/h4-6,10H,7-8H2,1-3H3. The number of para-hydroxylation sites is 1. The van der Waals surface area contributed by atoms with Crippen molar-refractivity contribution in [2.24, 2.45) is 0 Å². The average Bonchev–Trinajstić information content (AvgIpc) is 2.83. The van der Waals surface area contributed by atoms with E-state index >= 15 is 0 Å². The minimum Gasteiger partial charge on any atom is -0.347 e. The minimum atomic E-state index is -0.392. The second kappa shape index (κ2) is 6.15. The summed E-state index contributed by atoms with van der Waals surface area (Å²) in [5.74, 6) is 1.12. The number of likely N-dealkylation sites (N-methyl/N-ethyl adjacent to an activating group) is 1. The molecule has 0 saturated heterocycles. The van der Waals surface area contributed by atoms with Crippen molar-refractivity contribution < 1.29 is 4.79 Å².